The Balaban J connectivity index is 2.11. The summed E-state index contributed by atoms with van der Waals surface area (Å²) >= 11 is 6.10. The van der Waals surface area contributed by atoms with Crippen molar-refractivity contribution in [2.24, 2.45) is 0 Å². The SMILES string of the molecule is CCCN1CC(=O)N(Cc2c(N)cccc2Cl)CC1=O. The fourth-order valence-electron chi connectivity index (χ4n) is 2.25. The molecule has 1 aromatic rings. The quantitative estimate of drug-likeness (QED) is 0.856. The first-order chi connectivity index (χ1) is 9.52. The van der Waals surface area contributed by atoms with E-state index in [1.54, 1.807) is 23.1 Å². The van der Waals surface area contributed by atoms with Gasteiger partial charge in [0.15, 0.2) is 0 Å². The normalized spacial score (nSPS) is 15.9. The summed E-state index contributed by atoms with van der Waals surface area (Å²) in [6.07, 6.45) is 0.844. The molecule has 5 nitrogen and oxygen atoms in total. The van der Waals surface area contributed by atoms with Crippen LogP contribution in [0.2, 0.25) is 5.02 Å². The van der Waals surface area contributed by atoms with Gasteiger partial charge in [0.05, 0.1) is 6.54 Å². The summed E-state index contributed by atoms with van der Waals surface area (Å²) in [5, 5.41) is 0.515. The van der Waals surface area contributed by atoms with Crippen LogP contribution in [0.5, 0.6) is 0 Å². The number of nitrogen functional groups attached to an aromatic ring is 1. The average molecular weight is 296 g/mol. The molecule has 20 heavy (non-hydrogen) atoms. The number of piperazine rings is 1. The maximum absolute atomic E-state index is 12.1. The van der Waals surface area contributed by atoms with E-state index in [1.807, 2.05) is 6.92 Å². The highest BCUT2D eigenvalue weighted by molar-refractivity contribution is 6.31. The Morgan fingerprint density at radius 1 is 1.20 bits per heavy atom. The Labute approximate surface area is 123 Å². The van der Waals surface area contributed by atoms with Crippen molar-refractivity contribution in [3.63, 3.8) is 0 Å². The van der Waals surface area contributed by atoms with Crippen LogP contribution in [-0.4, -0.2) is 41.2 Å². The molecule has 1 saturated heterocycles. The van der Waals surface area contributed by atoms with E-state index >= 15 is 0 Å². The molecule has 0 aliphatic carbocycles. The van der Waals surface area contributed by atoms with Crippen molar-refractivity contribution in [1.29, 1.82) is 0 Å². The third-order valence-corrected chi connectivity index (χ3v) is 3.71. The highest BCUT2D eigenvalue weighted by Crippen LogP contribution is 2.24. The van der Waals surface area contributed by atoms with Crippen LogP contribution in [0, 0.1) is 0 Å². The van der Waals surface area contributed by atoms with Crippen molar-refractivity contribution in [2.45, 2.75) is 19.9 Å². The van der Waals surface area contributed by atoms with Crippen molar-refractivity contribution in [3.05, 3.63) is 28.8 Å². The number of amides is 2. The second kappa shape index (κ2) is 6.13. The van der Waals surface area contributed by atoms with Gasteiger partial charge in [0.25, 0.3) is 0 Å². The lowest BCUT2D eigenvalue weighted by Crippen LogP contribution is -2.53. The summed E-state index contributed by atoms with van der Waals surface area (Å²) in [6.45, 7) is 3.10. The maximum Gasteiger partial charge on any atom is 0.242 e. The zero-order chi connectivity index (χ0) is 14.7. The number of hydrogen-bond donors (Lipinski definition) is 1. The molecule has 2 rings (SSSR count). The lowest BCUT2D eigenvalue weighted by molar-refractivity contribution is -0.150. The predicted molar refractivity (Wildman–Crippen MR) is 78.2 cm³/mol. The second-order valence-corrected chi connectivity index (χ2v) is 5.28. The molecular weight excluding hydrogens is 278 g/mol. The Kier molecular flexibility index (Phi) is 4.49. The van der Waals surface area contributed by atoms with E-state index in [2.05, 4.69) is 0 Å². The maximum atomic E-state index is 12.1. The molecule has 1 heterocycles. The minimum Gasteiger partial charge on any atom is -0.398 e. The Bertz CT molecular complexity index is 513. The van der Waals surface area contributed by atoms with Crippen molar-refractivity contribution in [1.82, 2.24) is 9.80 Å². The van der Waals surface area contributed by atoms with Crippen LogP contribution >= 0.6 is 11.6 Å². The van der Waals surface area contributed by atoms with Crippen LogP contribution in [0.25, 0.3) is 0 Å². The van der Waals surface area contributed by atoms with Crippen LogP contribution in [0.15, 0.2) is 18.2 Å². The first-order valence-electron chi connectivity index (χ1n) is 6.61. The fraction of sp³-hybridized carbons (Fsp3) is 0.429. The van der Waals surface area contributed by atoms with Gasteiger partial charge in [0, 0.05) is 29.4 Å². The van der Waals surface area contributed by atoms with Gasteiger partial charge in [-0.05, 0) is 18.6 Å². The number of rotatable bonds is 4. The van der Waals surface area contributed by atoms with Gasteiger partial charge < -0.3 is 15.5 Å². The number of halogens is 1. The molecule has 1 fully saturated rings. The molecule has 1 aliphatic heterocycles. The largest absolute Gasteiger partial charge is 0.398 e. The van der Waals surface area contributed by atoms with E-state index in [4.69, 9.17) is 17.3 Å². The minimum atomic E-state index is -0.0719. The Morgan fingerprint density at radius 2 is 1.85 bits per heavy atom. The molecule has 2 amide bonds. The van der Waals surface area contributed by atoms with E-state index < -0.39 is 0 Å². The third kappa shape index (κ3) is 3.04. The van der Waals surface area contributed by atoms with Crippen molar-refractivity contribution in [3.8, 4) is 0 Å². The predicted octanol–water partition coefficient (Wildman–Crippen LogP) is 1.50. The van der Waals surface area contributed by atoms with Gasteiger partial charge in [-0.15, -0.1) is 0 Å². The summed E-state index contributed by atoms with van der Waals surface area (Å²) in [5.74, 6) is -0.102. The number of hydrogen-bond acceptors (Lipinski definition) is 3. The van der Waals surface area contributed by atoms with E-state index in [-0.39, 0.29) is 31.4 Å². The molecule has 0 aromatic heterocycles. The minimum absolute atomic E-state index is 0.0305. The van der Waals surface area contributed by atoms with E-state index in [0.29, 0.717) is 22.8 Å². The number of carbonyl (C=O) groups excluding carboxylic acids is 2. The number of benzene rings is 1. The van der Waals surface area contributed by atoms with Gasteiger partial charge in [-0.2, -0.15) is 0 Å². The fourth-order valence-corrected chi connectivity index (χ4v) is 2.50. The van der Waals surface area contributed by atoms with Gasteiger partial charge in [-0.3, -0.25) is 9.59 Å². The summed E-state index contributed by atoms with van der Waals surface area (Å²) in [4.78, 5) is 27.2. The van der Waals surface area contributed by atoms with E-state index in [9.17, 15) is 9.59 Å². The second-order valence-electron chi connectivity index (χ2n) is 4.87. The summed E-state index contributed by atoms with van der Waals surface area (Å²) in [7, 11) is 0. The molecule has 0 spiro atoms. The summed E-state index contributed by atoms with van der Waals surface area (Å²) in [6, 6.07) is 5.22. The molecular formula is C14H18ClN3O2. The average Bonchev–Trinajstić information content (AvgIpc) is 2.39. The van der Waals surface area contributed by atoms with Gasteiger partial charge >= 0.3 is 0 Å². The van der Waals surface area contributed by atoms with E-state index in [1.165, 1.54) is 4.90 Å². The van der Waals surface area contributed by atoms with Crippen molar-refractivity contribution in [2.75, 3.05) is 25.4 Å². The Hall–Kier alpha value is -1.75. The van der Waals surface area contributed by atoms with Crippen LogP contribution in [-0.2, 0) is 16.1 Å². The Morgan fingerprint density at radius 3 is 2.50 bits per heavy atom. The molecule has 0 bridgehead atoms. The van der Waals surface area contributed by atoms with Gasteiger partial charge in [-0.25, -0.2) is 0 Å². The molecule has 0 radical (unpaired) electrons. The zero-order valence-electron chi connectivity index (χ0n) is 11.4. The highest BCUT2D eigenvalue weighted by Gasteiger charge is 2.29. The number of nitrogens with two attached hydrogens (primary N) is 1. The van der Waals surface area contributed by atoms with Crippen molar-refractivity contribution >= 4 is 29.1 Å². The molecule has 6 heteroatoms. The lowest BCUT2D eigenvalue weighted by atomic mass is 10.1. The topological polar surface area (TPSA) is 66.6 Å². The zero-order valence-corrected chi connectivity index (χ0v) is 12.2. The highest BCUT2D eigenvalue weighted by atomic mass is 35.5. The standard InChI is InChI=1S/C14H18ClN3O2/c1-2-6-17-8-14(20)18(9-13(17)19)7-10-11(15)4-3-5-12(10)16/h3-5H,2,6-9,16H2,1H3. The summed E-state index contributed by atoms with van der Waals surface area (Å²) < 4.78 is 0. The number of carbonyl (C=O) groups is 2. The van der Waals surface area contributed by atoms with Crippen LogP contribution in [0.3, 0.4) is 0 Å². The number of nitrogens with zero attached hydrogens (tertiary/aromatic N) is 2. The summed E-state index contributed by atoms with van der Waals surface area (Å²) in [5.41, 5.74) is 7.11. The number of anilines is 1. The van der Waals surface area contributed by atoms with Crippen molar-refractivity contribution < 1.29 is 9.59 Å². The molecule has 108 valence electrons. The van der Waals surface area contributed by atoms with Crippen LogP contribution in [0.4, 0.5) is 5.69 Å². The van der Waals surface area contributed by atoms with E-state index in [0.717, 1.165) is 6.42 Å². The first-order valence-corrected chi connectivity index (χ1v) is 6.99. The molecule has 0 saturated carbocycles. The first kappa shape index (κ1) is 14.7. The third-order valence-electron chi connectivity index (χ3n) is 3.36. The monoisotopic (exact) mass is 295 g/mol. The van der Waals surface area contributed by atoms with Gasteiger partial charge in [0.2, 0.25) is 11.8 Å². The lowest BCUT2D eigenvalue weighted by Gasteiger charge is -2.34. The molecule has 1 aliphatic rings. The van der Waals surface area contributed by atoms with Crippen LogP contribution < -0.4 is 5.73 Å². The molecule has 1 aromatic carbocycles. The molecule has 2 N–H and O–H groups in total. The van der Waals surface area contributed by atoms with Crippen LogP contribution in [0.1, 0.15) is 18.9 Å². The molecule has 0 atom stereocenters. The smallest absolute Gasteiger partial charge is 0.242 e. The molecule has 0 unspecified atom stereocenters. The van der Waals surface area contributed by atoms with Gasteiger partial charge in [-0.1, -0.05) is 24.6 Å². The van der Waals surface area contributed by atoms with Gasteiger partial charge in [0.1, 0.15) is 6.54 Å².